The summed E-state index contributed by atoms with van der Waals surface area (Å²) >= 11 is 0. The van der Waals surface area contributed by atoms with Crippen LogP contribution in [-0.2, 0) is 28.6 Å². The van der Waals surface area contributed by atoms with Crippen molar-refractivity contribution in [2.24, 2.45) is 0 Å². The lowest BCUT2D eigenvalue weighted by molar-refractivity contribution is -0.166. The first-order chi connectivity index (χ1) is 33.5. The molecule has 0 aliphatic heterocycles. The number of unbranched alkanes of at least 4 members (excludes halogenated alkanes) is 17. The van der Waals surface area contributed by atoms with Gasteiger partial charge in [-0.3, -0.25) is 14.4 Å². The molecule has 0 aliphatic carbocycles. The van der Waals surface area contributed by atoms with E-state index in [0.717, 1.165) is 96.3 Å². The van der Waals surface area contributed by atoms with Crippen LogP contribution < -0.4 is 0 Å². The van der Waals surface area contributed by atoms with Crippen LogP contribution in [0.5, 0.6) is 0 Å². The maximum atomic E-state index is 12.8. The third-order valence-electron chi connectivity index (χ3n) is 11.2. The number of carbonyl (C=O) groups excluding carboxylic acids is 3. The second-order valence-corrected chi connectivity index (χ2v) is 17.7. The molecule has 0 saturated heterocycles. The molecule has 0 rings (SSSR count). The lowest BCUT2D eigenvalue weighted by Crippen LogP contribution is -2.30. The van der Waals surface area contributed by atoms with Crippen molar-refractivity contribution < 1.29 is 28.6 Å². The van der Waals surface area contributed by atoms with Gasteiger partial charge < -0.3 is 14.2 Å². The summed E-state index contributed by atoms with van der Waals surface area (Å²) in [4.78, 5) is 38.0. The van der Waals surface area contributed by atoms with E-state index in [0.29, 0.717) is 19.3 Å². The molecule has 0 spiro atoms. The van der Waals surface area contributed by atoms with E-state index in [1.165, 1.54) is 83.5 Å². The average Bonchev–Trinajstić information content (AvgIpc) is 3.34. The van der Waals surface area contributed by atoms with Crippen LogP contribution >= 0.6 is 0 Å². The largest absolute Gasteiger partial charge is 0.462 e. The minimum absolute atomic E-state index is 0.124. The molecule has 6 heteroatoms. The lowest BCUT2D eigenvalue weighted by atomic mass is 10.0. The van der Waals surface area contributed by atoms with Gasteiger partial charge in [-0.25, -0.2) is 0 Å². The van der Waals surface area contributed by atoms with Gasteiger partial charge in [0.15, 0.2) is 6.10 Å². The van der Waals surface area contributed by atoms with Gasteiger partial charge >= 0.3 is 17.9 Å². The fraction of sp³-hybridized carbons (Fsp3) is 0.629. The minimum atomic E-state index is -0.826. The van der Waals surface area contributed by atoms with Crippen molar-refractivity contribution in [1.82, 2.24) is 0 Å². The summed E-state index contributed by atoms with van der Waals surface area (Å²) < 4.78 is 16.7. The van der Waals surface area contributed by atoms with E-state index in [1.807, 2.05) is 12.2 Å². The van der Waals surface area contributed by atoms with Crippen molar-refractivity contribution in [2.75, 3.05) is 13.2 Å². The second kappa shape index (κ2) is 55.4. The molecule has 1 unspecified atom stereocenters. The van der Waals surface area contributed by atoms with E-state index in [9.17, 15) is 14.4 Å². The van der Waals surface area contributed by atoms with Gasteiger partial charge in [0, 0.05) is 19.3 Å². The van der Waals surface area contributed by atoms with Gasteiger partial charge in [-0.05, 0) is 96.3 Å². The van der Waals surface area contributed by atoms with E-state index >= 15 is 0 Å². The maximum absolute atomic E-state index is 12.8. The zero-order valence-electron chi connectivity index (χ0n) is 43.8. The van der Waals surface area contributed by atoms with Crippen molar-refractivity contribution in [3.8, 4) is 0 Å². The van der Waals surface area contributed by atoms with Crippen molar-refractivity contribution in [2.45, 2.75) is 239 Å². The number of carbonyl (C=O) groups is 3. The van der Waals surface area contributed by atoms with Crippen LogP contribution in [0.4, 0.5) is 0 Å². The third-order valence-corrected chi connectivity index (χ3v) is 11.2. The topological polar surface area (TPSA) is 78.9 Å². The molecule has 0 saturated carbocycles. The summed E-state index contributed by atoms with van der Waals surface area (Å²) in [6, 6.07) is 0. The van der Waals surface area contributed by atoms with E-state index in [1.54, 1.807) is 0 Å². The first kappa shape index (κ1) is 63.8. The molecule has 68 heavy (non-hydrogen) atoms. The maximum Gasteiger partial charge on any atom is 0.306 e. The summed E-state index contributed by atoms with van der Waals surface area (Å²) in [5, 5.41) is 0. The van der Waals surface area contributed by atoms with Gasteiger partial charge in [-0.1, -0.05) is 239 Å². The zero-order valence-corrected chi connectivity index (χ0v) is 43.8. The first-order valence-corrected chi connectivity index (χ1v) is 27.5. The second-order valence-electron chi connectivity index (χ2n) is 17.7. The highest BCUT2D eigenvalue weighted by Crippen LogP contribution is 2.15. The highest BCUT2D eigenvalue weighted by molar-refractivity contribution is 5.71. The molecule has 0 radical (unpaired) electrons. The zero-order chi connectivity index (χ0) is 49.3. The van der Waals surface area contributed by atoms with E-state index in [2.05, 4.69) is 130 Å². The van der Waals surface area contributed by atoms with Gasteiger partial charge in [0.05, 0.1) is 0 Å². The van der Waals surface area contributed by atoms with E-state index < -0.39 is 6.10 Å². The highest BCUT2D eigenvalue weighted by atomic mass is 16.6. The molecule has 384 valence electrons. The van der Waals surface area contributed by atoms with Crippen LogP contribution in [0.25, 0.3) is 0 Å². The molecule has 1 atom stereocenters. The summed E-state index contributed by atoms with van der Waals surface area (Å²) in [5.74, 6) is -1.05. The van der Waals surface area contributed by atoms with E-state index in [4.69, 9.17) is 14.2 Å². The van der Waals surface area contributed by atoms with Crippen LogP contribution in [0.1, 0.15) is 233 Å². The predicted molar refractivity (Wildman–Crippen MR) is 293 cm³/mol. The van der Waals surface area contributed by atoms with Crippen molar-refractivity contribution in [3.63, 3.8) is 0 Å². The quantitative estimate of drug-likeness (QED) is 0.0262. The molecule has 0 aliphatic rings. The van der Waals surface area contributed by atoms with Crippen LogP contribution in [-0.4, -0.2) is 37.2 Å². The average molecular weight is 941 g/mol. The predicted octanol–water partition coefficient (Wildman–Crippen LogP) is 18.5. The molecule has 0 fully saturated rings. The van der Waals surface area contributed by atoms with Gasteiger partial charge in [0.2, 0.25) is 0 Å². The molecule has 0 amide bonds. The van der Waals surface area contributed by atoms with Gasteiger partial charge in [-0.2, -0.15) is 0 Å². The standard InChI is InChI=1S/C62H100O6/c1-4-7-10-13-16-19-22-25-27-29-30-31-32-33-35-37-40-43-46-49-52-55-61(64)67-58-59(57-66-60(63)54-51-48-45-42-39-36-24-21-18-15-12-9-6-3)68-62(65)56-53-50-47-44-41-38-34-28-26-23-20-17-14-11-8-5-2/h7,9-10,12,16,18-19,21,25,27,30-31,33,35-36,39-40,43,45,48,59H,4-6,8,11,13-15,17,20,22-24,26,28-29,32,34,37-38,41-42,44,46-47,49-58H2,1-3H3/b10-7-,12-9-,19-16-,21-18-,27-25-,31-30-,35-33-,39-36-,43-40-,48-45-. The van der Waals surface area contributed by atoms with Crippen LogP contribution in [0.15, 0.2) is 122 Å². The summed E-state index contributed by atoms with van der Waals surface area (Å²) in [5.41, 5.74) is 0. The Morgan fingerprint density at radius 1 is 0.309 bits per heavy atom. The number of ether oxygens (including phenoxy) is 3. The van der Waals surface area contributed by atoms with Crippen molar-refractivity contribution in [3.05, 3.63) is 122 Å². The van der Waals surface area contributed by atoms with Crippen LogP contribution in [0.2, 0.25) is 0 Å². The van der Waals surface area contributed by atoms with Crippen LogP contribution in [0, 0.1) is 0 Å². The fourth-order valence-electron chi connectivity index (χ4n) is 7.16. The molecule has 0 aromatic heterocycles. The third kappa shape index (κ3) is 52.8. The minimum Gasteiger partial charge on any atom is -0.462 e. The van der Waals surface area contributed by atoms with Gasteiger partial charge in [0.25, 0.3) is 0 Å². The Morgan fingerprint density at radius 3 is 0.985 bits per heavy atom. The molecule has 0 bridgehead atoms. The smallest absolute Gasteiger partial charge is 0.306 e. The molecule has 0 aromatic rings. The Kier molecular flexibility index (Phi) is 52.0. The molecule has 0 aromatic carbocycles. The summed E-state index contributed by atoms with van der Waals surface area (Å²) in [6.45, 7) is 6.30. The Bertz CT molecular complexity index is 1450. The molecule has 6 nitrogen and oxygen atoms in total. The van der Waals surface area contributed by atoms with Gasteiger partial charge in [-0.15, -0.1) is 0 Å². The first-order valence-electron chi connectivity index (χ1n) is 27.5. The number of allylic oxidation sites excluding steroid dienone is 20. The molecular weight excluding hydrogens is 841 g/mol. The van der Waals surface area contributed by atoms with Crippen molar-refractivity contribution >= 4 is 17.9 Å². The number of hydrogen-bond donors (Lipinski definition) is 0. The lowest BCUT2D eigenvalue weighted by Gasteiger charge is -2.18. The van der Waals surface area contributed by atoms with Crippen molar-refractivity contribution in [1.29, 1.82) is 0 Å². The Balaban J connectivity index is 4.52. The number of hydrogen-bond acceptors (Lipinski definition) is 6. The molecule has 0 heterocycles. The number of esters is 3. The molecule has 0 N–H and O–H groups in total. The Hall–Kier alpha value is -4.19. The Labute approximate surface area is 418 Å². The highest BCUT2D eigenvalue weighted by Gasteiger charge is 2.19. The van der Waals surface area contributed by atoms with Crippen LogP contribution in [0.3, 0.4) is 0 Å². The van der Waals surface area contributed by atoms with Gasteiger partial charge in [0.1, 0.15) is 13.2 Å². The summed E-state index contributed by atoms with van der Waals surface area (Å²) in [6.07, 6.45) is 76.3. The monoisotopic (exact) mass is 941 g/mol. The molecular formula is C62H100O6. The summed E-state index contributed by atoms with van der Waals surface area (Å²) in [7, 11) is 0. The SMILES string of the molecule is CC/C=C\C/C=C\C/C=C\C/C=C\C/C=C\C/C=C\CCCCC(=O)OCC(COC(=O)CC/C=C\C/C=C\C/C=C\C/C=C\CC)OC(=O)CCCCCCCCCCCCCCCCCC. The normalized spacial score (nSPS) is 13.0. The fourth-order valence-corrected chi connectivity index (χ4v) is 7.16. The van der Waals surface area contributed by atoms with E-state index in [-0.39, 0.29) is 44.0 Å². The Morgan fingerprint density at radius 2 is 0.603 bits per heavy atom. The number of rotatable bonds is 48.